The molecule has 3 nitrogen and oxygen atoms in total. The lowest BCUT2D eigenvalue weighted by Gasteiger charge is -2.34. The van der Waals surface area contributed by atoms with Crippen molar-refractivity contribution in [3.05, 3.63) is 199 Å². The third kappa shape index (κ3) is 4.52. The van der Waals surface area contributed by atoms with Crippen LogP contribution in [0.15, 0.2) is 192 Å². The van der Waals surface area contributed by atoms with Crippen molar-refractivity contribution in [3.8, 4) is 33.4 Å². The lowest BCUT2D eigenvalue weighted by Crippen LogP contribution is -2.28. The summed E-state index contributed by atoms with van der Waals surface area (Å²) >= 11 is 0. The second-order valence-corrected chi connectivity index (χ2v) is 12.9. The molecule has 7 aromatic carbocycles. The maximum absolute atomic E-state index is 6.01. The number of benzene rings is 7. The van der Waals surface area contributed by atoms with Gasteiger partial charge >= 0.3 is 0 Å². The number of fused-ring (bicyclic) bond motifs is 7. The number of nitrogens with zero attached hydrogens (tertiary/aromatic N) is 1. The molecule has 0 spiro atoms. The van der Waals surface area contributed by atoms with Crippen molar-refractivity contribution in [2.75, 3.05) is 4.90 Å². The van der Waals surface area contributed by atoms with Gasteiger partial charge in [0.05, 0.1) is 35.1 Å². The first-order chi connectivity index (χ1) is 24.8. The van der Waals surface area contributed by atoms with Gasteiger partial charge in [0.15, 0.2) is 0 Å². The van der Waals surface area contributed by atoms with Gasteiger partial charge in [0.2, 0.25) is 0 Å². The van der Waals surface area contributed by atoms with Gasteiger partial charge in [-0.25, -0.2) is 0 Å². The fourth-order valence-corrected chi connectivity index (χ4v) is 7.84. The average molecular weight is 641 g/mol. The van der Waals surface area contributed by atoms with Gasteiger partial charge in [0, 0.05) is 22.1 Å². The predicted octanol–water partition coefficient (Wildman–Crippen LogP) is 12.3. The predicted molar refractivity (Wildman–Crippen MR) is 207 cm³/mol. The zero-order valence-electron chi connectivity index (χ0n) is 27.3. The van der Waals surface area contributed by atoms with E-state index >= 15 is 0 Å². The molecule has 50 heavy (non-hydrogen) atoms. The Morgan fingerprint density at radius 3 is 2.16 bits per heavy atom. The van der Waals surface area contributed by atoms with E-state index in [2.05, 4.69) is 186 Å². The van der Waals surface area contributed by atoms with E-state index in [4.69, 9.17) is 4.42 Å². The molecule has 8 aromatic rings. The molecular formula is C47H32N2O. The van der Waals surface area contributed by atoms with Crippen LogP contribution >= 0.6 is 0 Å². The first-order valence-electron chi connectivity index (χ1n) is 17.1. The third-order valence-electron chi connectivity index (χ3n) is 10.1. The van der Waals surface area contributed by atoms with Crippen LogP contribution in [0.3, 0.4) is 0 Å². The Morgan fingerprint density at radius 2 is 1.26 bits per heavy atom. The molecular weight excluding hydrogens is 609 g/mol. The second-order valence-electron chi connectivity index (χ2n) is 12.9. The summed E-state index contributed by atoms with van der Waals surface area (Å²) in [6.07, 6.45) is 6.41. The standard InChI is InChI=1S/C47H32N2O/c1-3-12-32(13-4-1)37-23-22-34(36-20-11-17-31-14-7-8-18-35(31)36)30-44(37)49-42-21-10-9-19-38(42)39-24-27-45-40(28-29-50-45)46(39)47-43(49)26-25-41(48-47)33-15-5-2-6-16-33/h1-30,41,48H. The summed E-state index contributed by atoms with van der Waals surface area (Å²) in [4.78, 5) is 2.47. The molecule has 3 heterocycles. The maximum Gasteiger partial charge on any atom is 0.134 e. The van der Waals surface area contributed by atoms with Crippen LogP contribution in [0.2, 0.25) is 0 Å². The number of hydrogen-bond acceptors (Lipinski definition) is 3. The van der Waals surface area contributed by atoms with Crippen molar-refractivity contribution in [1.82, 2.24) is 5.32 Å². The molecule has 0 fully saturated rings. The minimum Gasteiger partial charge on any atom is -0.464 e. The smallest absolute Gasteiger partial charge is 0.134 e. The molecule has 236 valence electrons. The molecule has 0 bridgehead atoms. The lowest BCUT2D eigenvalue weighted by atomic mass is 9.92. The van der Waals surface area contributed by atoms with E-state index in [-0.39, 0.29) is 6.04 Å². The molecule has 0 radical (unpaired) electrons. The second kappa shape index (κ2) is 11.5. The van der Waals surface area contributed by atoms with E-state index in [0.717, 1.165) is 44.9 Å². The van der Waals surface area contributed by atoms with Crippen molar-refractivity contribution in [1.29, 1.82) is 0 Å². The van der Waals surface area contributed by atoms with E-state index in [9.17, 15) is 0 Å². The fraction of sp³-hybridized carbons (Fsp3) is 0.0213. The third-order valence-corrected chi connectivity index (χ3v) is 10.1. The molecule has 2 aliphatic rings. The number of furan rings is 1. The summed E-state index contributed by atoms with van der Waals surface area (Å²) in [6, 6.07) is 58.8. The van der Waals surface area contributed by atoms with E-state index < -0.39 is 0 Å². The monoisotopic (exact) mass is 640 g/mol. The molecule has 10 rings (SSSR count). The van der Waals surface area contributed by atoms with Crippen molar-refractivity contribution in [3.63, 3.8) is 0 Å². The first kappa shape index (κ1) is 28.4. The van der Waals surface area contributed by atoms with Crippen molar-refractivity contribution < 1.29 is 4.42 Å². The highest BCUT2D eigenvalue weighted by atomic mass is 16.3. The minimum absolute atomic E-state index is 0.00336. The van der Waals surface area contributed by atoms with Gasteiger partial charge in [-0.2, -0.15) is 0 Å². The van der Waals surface area contributed by atoms with E-state index in [1.165, 1.54) is 44.2 Å². The number of nitrogens with one attached hydrogen (secondary N) is 1. The minimum atomic E-state index is 0.00336. The zero-order valence-corrected chi connectivity index (χ0v) is 27.3. The van der Waals surface area contributed by atoms with Crippen LogP contribution < -0.4 is 10.2 Å². The first-order valence-corrected chi connectivity index (χ1v) is 17.1. The summed E-state index contributed by atoms with van der Waals surface area (Å²) in [5.41, 5.74) is 14.7. The number of allylic oxidation sites excluding steroid dienone is 1. The van der Waals surface area contributed by atoms with Gasteiger partial charge in [0.1, 0.15) is 5.58 Å². The highest BCUT2D eigenvalue weighted by molar-refractivity contribution is 6.07. The Kier molecular flexibility index (Phi) is 6.56. The highest BCUT2D eigenvalue weighted by Gasteiger charge is 2.33. The Labute approximate surface area is 291 Å². The number of dihydropyridines is 1. The molecule has 1 aromatic heterocycles. The Hall–Kier alpha value is -6.58. The van der Waals surface area contributed by atoms with Gasteiger partial charge in [0.25, 0.3) is 0 Å². The molecule has 0 aliphatic carbocycles. The van der Waals surface area contributed by atoms with Crippen molar-refractivity contribution in [2.45, 2.75) is 6.04 Å². The maximum atomic E-state index is 6.01. The van der Waals surface area contributed by atoms with Crippen LogP contribution in [0.25, 0.3) is 60.8 Å². The fourth-order valence-electron chi connectivity index (χ4n) is 7.84. The van der Waals surface area contributed by atoms with Crippen LogP contribution in [0, 0.1) is 0 Å². The molecule has 0 amide bonds. The molecule has 1 atom stereocenters. The van der Waals surface area contributed by atoms with Crippen LogP contribution in [-0.2, 0) is 0 Å². The molecule has 1 unspecified atom stereocenters. The van der Waals surface area contributed by atoms with Crippen LogP contribution in [-0.4, -0.2) is 0 Å². The summed E-state index contributed by atoms with van der Waals surface area (Å²) < 4.78 is 6.01. The van der Waals surface area contributed by atoms with Crippen LogP contribution in [0.5, 0.6) is 0 Å². The van der Waals surface area contributed by atoms with Gasteiger partial charge in [-0.1, -0.05) is 140 Å². The lowest BCUT2D eigenvalue weighted by molar-refractivity contribution is 0.616. The van der Waals surface area contributed by atoms with E-state index in [0.29, 0.717) is 0 Å². The SMILES string of the molecule is C1=CC(c2ccccc2)NC2=C1N(c1cc(-c3cccc4ccccc34)ccc1-c1ccccc1)c1ccccc1-c1ccc3occc3c12. The van der Waals surface area contributed by atoms with Crippen molar-refractivity contribution in [2.24, 2.45) is 0 Å². The molecule has 0 saturated heterocycles. The van der Waals surface area contributed by atoms with E-state index in [1.54, 1.807) is 6.26 Å². The topological polar surface area (TPSA) is 28.4 Å². The molecule has 0 saturated carbocycles. The number of anilines is 2. The van der Waals surface area contributed by atoms with Gasteiger partial charge < -0.3 is 14.6 Å². The van der Waals surface area contributed by atoms with Crippen molar-refractivity contribution >= 4 is 38.8 Å². The largest absolute Gasteiger partial charge is 0.464 e. The zero-order chi connectivity index (χ0) is 33.0. The van der Waals surface area contributed by atoms with Crippen LogP contribution in [0.4, 0.5) is 11.4 Å². The normalized spacial score (nSPS) is 15.0. The Morgan fingerprint density at radius 1 is 0.520 bits per heavy atom. The van der Waals surface area contributed by atoms with Gasteiger partial charge in [-0.05, 0) is 75.0 Å². The number of para-hydroxylation sites is 1. The molecule has 1 N–H and O–H groups in total. The summed E-state index contributed by atoms with van der Waals surface area (Å²) in [5.74, 6) is 0. The molecule has 3 heteroatoms. The summed E-state index contributed by atoms with van der Waals surface area (Å²) in [6.45, 7) is 0. The number of rotatable bonds is 4. The summed E-state index contributed by atoms with van der Waals surface area (Å²) in [7, 11) is 0. The quantitative estimate of drug-likeness (QED) is 0.207. The van der Waals surface area contributed by atoms with Crippen LogP contribution in [0.1, 0.15) is 17.2 Å². The molecule has 2 aliphatic heterocycles. The van der Waals surface area contributed by atoms with E-state index in [1.807, 2.05) is 0 Å². The van der Waals surface area contributed by atoms with Gasteiger partial charge in [-0.15, -0.1) is 0 Å². The summed E-state index contributed by atoms with van der Waals surface area (Å²) in [5, 5.41) is 7.59. The Balaban J connectivity index is 1.29. The number of hydrogen-bond donors (Lipinski definition) is 1. The highest BCUT2D eigenvalue weighted by Crippen LogP contribution is 2.51. The average Bonchev–Trinajstić information content (AvgIpc) is 3.63. The Bertz CT molecular complexity index is 2630. The van der Waals surface area contributed by atoms with Gasteiger partial charge in [-0.3, -0.25) is 0 Å².